The number of piperazine rings is 1. The molecule has 0 bridgehead atoms. The van der Waals surface area contributed by atoms with E-state index in [9.17, 15) is 13.2 Å². The highest BCUT2D eigenvalue weighted by atomic mass is 32.2. The monoisotopic (exact) mass is 445 g/mol. The fourth-order valence-electron chi connectivity index (χ4n) is 3.75. The standard InChI is InChI=1S/C22H31N5O3S/c1-4-25-13-15-26(16-14-25)21-11-10-18(31(29,30)27(5-2)6-3)17-20(21)24-22(28)19-9-7-8-12-23-19/h7-12,17H,4-6,13-16H2,1-3H3,(H,24,28). The van der Waals surface area contributed by atoms with Crippen LogP contribution in [0.3, 0.4) is 0 Å². The van der Waals surface area contributed by atoms with Crippen molar-refractivity contribution in [2.24, 2.45) is 0 Å². The summed E-state index contributed by atoms with van der Waals surface area (Å²) in [7, 11) is -3.64. The summed E-state index contributed by atoms with van der Waals surface area (Å²) in [5, 5.41) is 2.90. The van der Waals surface area contributed by atoms with Crippen molar-refractivity contribution in [3.63, 3.8) is 0 Å². The summed E-state index contributed by atoms with van der Waals surface area (Å²) in [5.74, 6) is -0.369. The van der Waals surface area contributed by atoms with Gasteiger partial charge in [0.15, 0.2) is 0 Å². The number of sulfonamides is 1. The maximum atomic E-state index is 13.1. The molecule has 2 heterocycles. The molecule has 1 amide bonds. The van der Waals surface area contributed by atoms with Crippen molar-refractivity contribution >= 4 is 27.3 Å². The fourth-order valence-corrected chi connectivity index (χ4v) is 5.24. The normalized spacial score (nSPS) is 15.3. The van der Waals surface area contributed by atoms with Gasteiger partial charge in [0, 0.05) is 45.5 Å². The second kappa shape index (κ2) is 10.2. The van der Waals surface area contributed by atoms with Crippen molar-refractivity contribution in [1.29, 1.82) is 0 Å². The quantitative estimate of drug-likeness (QED) is 0.672. The predicted octanol–water partition coefficient (Wildman–Crippen LogP) is 2.51. The van der Waals surface area contributed by atoms with Gasteiger partial charge in [0.25, 0.3) is 5.91 Å². The average Bonchev–Trinajstić information content (AvgIpc) is 2.80. The molecule has 1 N–H and O–H groups in total. The molecule has 0 unspecified atom stereocenters. The third kappa shape index (κ3) is 5.23. The first kappa shape index (κ1) is 23.2. The maximum Gasteiger partial charge on any atom is 0.274 e. The zero-order chi connectivity index (χ0) is 22.4. The summed E-state index contributed by atoms with van der Waals surface area (Å²) in [6, 6.07) is 10.1. The highest BCUT2D eigenvalue weighted by Gasteiger charge is 2.25. The van der Waals surface area contributed by atoms with Gasteiger partial charge >= 0.3 is 0 Å². The van der Waals surface area contributed by atoms with Crippen LogP contribution in [0.4, 0.5) is 11.4 Å². The number of carbonyl (C=O) groups excluding carboxylic acids is 1. The van der Waals surface area contributed by atoms with Crippen LogP contribution in [0.2, 0.25) is 0 Å². The summed E-state index contributed by atoms with van der Waals surface area (Å²) >= 11 is 0. The predicted molar refractivity (Wildman–Crippen MR) is 123 cm³/mol. The number of hydrogen-bond donors (Lipinski definition) is 1. The van der Waals surface area contributed by atoms with Gasteiger partial charge < -0.3 is 15.1 Å². The molecule has 3 rings (SSSR count). The number of amides is 1. The Bertz CT molecular complexity index is 985. The molecule has 9 heteroatoms. The first-order valence-corrected chi connectivity index (χ1v) is 12.2. The van der Waals surface area contributed by atoms with Crippen LogP contribution in [0.15, 0.2) is 47.5 Å². The number of hydrogen-bond acceptors (Lipinski definition) is 6. The Hall–Kier alpha value is -2.49. The van der Waals surface area contributed by atoms with Crippen LogP contribution in [0, 0.1) is 0 Å². The van der Waals surface area contributed by atoms with Crippen molar-refractivity contribution in [3.8, 4) is 0 Å². The molecule has 0 atom stereocenters. The molecule has 8 nitrogen and oxygen atoms in total. The van der Waals surface area contributed by atoms with E-state index in [2.05, 4.69) is 27.0 Å². The number of nitrogens with zero attached hydrogens (tertiary/aromatic N) is 4. The van der Waals surface area contributed by atoms with Gasteiger partial charge in [-0.05, 0) is 36.9 Å². The van der Waals surface area contributed by atoms with E-state index in [1.165, 1.54) is 4.31 Å². The fraction of sp³-hybridized carbons (Fsp3) is 0.455. The SMILES string of the molecule is CCN1CCN(c2ccc(S(=O)(=O)N(CC)CC)cc2NC(=O)c2ccccn2)CC1. The lowest BCUT2D eigenvalue weighted by molar-refractivity contribution is 0.102. The molecule has 168 valence electrons. The summed E-state index contributed by atoms with van der Waals surface area (Å²) in [6.45, 7) is 11.0. The first-order valence-electron chi connectivity index (χ1n) is 10.7. The smallest absolute Gasteiger partial charge is 0.274 e. The van der Waals surface area contributed by atoms with Crippen LogP contribution in [-0.2, 0) is 10.0 Å². The summed E-state index contributed by atoms with van der Waals surface area (Å²) in [6.07, 6.45) is 1.56. The van der Waals surface area contributed by atoms with Crippen LogP contribution < -0.4 is 10.2 Å². The Labute approximate surface area is 184 Å². The van der Waals surface area contributed by atoms with Gasteiger partial charge in [0.1, 0.15) is 5.69 Å². The zero-order valence-corrected chi connectivity index (χ0v) is 19.2. The molecule has 1 aromatic carbocycles. The van der Waals surface area contributed by atoms with Gasteiger partial charge in [-0.1, -0.05) is 26.8 Å². The number of carbonyl (C=O) groups is 1. The third-order valence-electron chi connectivity index (χ3n) is 5.62. The van der Waals surface area contributed by atoms with Crippen molar-refractivity contribution in [1.82, 2.24) is 14.2 Å². The third-order valence-corrected chi connectivity index (χ3v) is 7.66. The second-order valence-electron chi connectivity index (χ2n) is 7.36. The molecule has 1 aromatic heterocycles. The lowest BCUT2D eigenvalue weighted by atomic mass is 10.2. The van der Waals surface area contributed by atoms with Crippen LogP contribution in [-0.4, -0.2) is 74.3 Å². The highest BCUT2D eigenvalue weighted by molar-refractivity contribution is 7.89. The minimum Gasteiger partial charge on any atom is -0.367 e. The van der Waals surface area contributed by atoms with E-state index < -0.39 is 10.0 Å². The molecule has 31 heavy (non-hydrogen) atoms. The number of likely N-dealkylation sites (N-methyl/N-ethyl adjacent to an activating group) is 1. The Kier molecular flexibility index (Phi) is 7.64. The first-order chi connectivity index (χ1) is 14.9. The van der Waals surface area contributed by atoms with Gasteiger partial charge in [0.2, 0.25) is 10.0 Å². The number of pyridine rings is 1. The van der Waals surface area contributed by atoms with Crippen LogP contribution >= 0.6 is 0 Å². The molecular formula is C22H31N5O3S. The summed E-state index contributed by atoms with van der Waals surface area (Å²) in [4.78, 5) is 21.6. The lowest BCUT2D eigenvalue weighted by Gasteiger charge is -2.36. The Morgan fingerprint density at radius 3 is 2.35 bits per heavy atom. The van der Waals surface area contributed by atoms with E-state index in [-0.39, 0.29) is 16.5 Å². The largest absolute Gasteiger partial charge is 0.367 e. The highest BCUT2D eigenvalue weighted by Crippen LogP contribution is 2.31. The molecule has 1 saturated heterocycles. The summed E-state index contributed by atoms with van der Waals surface area (Å²) in [5.41, 5.74) is 1.58. The number of anilines is 2. The summed E-state index contributed by atoms with van der Waals surface area (Å²) < 4.78 is 27.5. The molecule has 1 aliphatic rings. The minimum absolute atomic E-state index is 0.170. The number of nitrogens with one attached hydrogen (secondary N) is 1. The number of rotatable bonds is 8. The molecule has 1 fully saturated rings. The van der Waals surface area contributed by atoms with Crippen molar-refractivity contribution in [2.45, 2.75) is 25.7 Å². The van der Waals surface area contributed by atoms with Gasteiger partial charge in [-0.25, -0.2) is 8.42 Å². The van der Waals surface area contributed by atoms with Gasteiger partial charge in [-0.3, -0.25) is 9.78 Å². The second-order valence-corrected chi connectivity index (χ2v) is 9.30. The van der Waals surface area contributed by atoms with Gasteiger partial charge in [-0.15, -0.1) is 0 Å². The molecule has 0 radical (unpaired) electrons. The van der Waals surface area contributed by atoms with Gasteiger partial charge in [0.05, 0.1) is 16.3 Å². The number of aromatic nitrogens is 1. The zero-order valence-electron chi connectivity index (χ0n) is 18.4. The van der Waals surface area contributed by atoms with Crippen LogP contribution in [0.25, 0.3) is 0 Å². The molecule has 0 spiro atoms. The molecular weight excluding hydrogens is 414 g/mol. The molecule has 2 aromatic rings. The van der Waals surface area contributed by atoms with E-state index in [1.807, 2.05) is 13.8 Å². The maximum absolute atomic E-state index is 13.1. The molecule has 0 aliphatic carbocycles. The Morgan fingerprint density at radius 2 is 1.77 bits per heavy atom. The topological polar surface area (TPSA) is 85.9 Å². The van der Waals surface area contributed by atoms with E-state index in [1.54, 1.807) is 42.6 Å². The van der Waals surface area contributed by atoms with E-state index in [4.69, 9.17) is 0 Å². The van der Waals surface area contributed by atoms with E-state index in [0.29, 0.717) is 18.8 Å². The average molecular weight is 446 g/mol. The molecule has 1 aliphatic heterocycles. The van der Waals surface area contributed by atoms with Crippen LogP contribution in [0.5, 0.6) is 0 Å². The van der Waals surface area contributed by atoms with Crippen molar-refractivity contribution in [2.75, 3.05) is 56.0 Å². The Balaban J connectivity index is 1.97. The van der Waals surface area contributed by atoms with Crippen molar-refractivity contribution in [3.05, 3.63) is 48.3 Å². The molecule has 0 saturated carbocycles. The minimum atomic E-state index is -3.64. The number of benzene rings is 1. The van der Waals surface area contributed by atoms with E-state index >= 15 is 0 Å². The van der Waals surface area contributed by atoms with E-state index in [0.717, 1.165) is 38.4 Å². The van der Waals surface area contributed by atoms with Gasteiger partial charge in [-0.2, -0.15) is 4.31 Å². The van der Waals surface area contributed by atoms with Crippen molar-refractivity contribution < 1.29 is 13.2 Å². The lowest BCUT2D eigenvalue weighted by Crippen LogP contribution is -2.46. The van der Waals surface area contributed by atoms with Crippen LogP contribution in [0.1, 0.15) is 31.3 Å². The Morgan fingerprint density at radius 1 is 1.06 bits per heavy atom.